The Labute approximate surface area is 75.3 Å². The molecule has 12 heavy (non-hydrogen) atoms. The predicted molar refractivity (Wildman–Crippen MR) is 51.8 cm³/mol. The van der Waals surface area contributed by atoms with Gasteiger partial charge >= 0.3 is 0 Å². The Kier molecular flexibility index (Phi) is 4.20. The fourth-order valence-corrected chi connectivity index (χ4v) is 1.95. The smallest absolute Gasteiger partial charge is 0.147 e. The maximum absolute atomic E-state index is 10.8. The van der Waals surface area contributed by atoms with Crippen LogP contribution in [0.3, 0.4) is 0 Å². The van der Waals surface area contributed by atoms with Crippen molar-refractivity contribution in [3.05, 3.63) is 0 Å². The second kappa shape index (κ2) is 4.23. The van der Waals surface area contributed by atoms with E-state index in [2.05, 4.69) is 0 Å². The summed E-state index contributed by atoms with van der Waals surface area (Å²) in [5, 5.41) is 0. The molecule has 3 nitrogen and oxygen atoms in total. The molecule has 0 fully saturated rings. The van der Waals surface area contributed by atoms with Crippen LogP contribution < -0.4 is 5.73 Å². The molecule has 0 aliphatic rings. The lowest BCUT2D eigenvalue weighted by Gasteiger charge is -2.23. The van der Waals surface area contributed by atoms with Gasteiger partial charge in [-0.05, 0) is 19.8 Å². The molecule has 0 bridgehead atoms. The van der Waals surface area contributed by atoms with Gasteiger partial charge in [-0.25, -0.2) is 8.42 Å². The highest BCUT2D eigenvalue weighted by Gasteiger charge is 2.18. The van der Waals surface area contributed by atoms with Gasteiger partial charge in [-0.3, -0.25) is 0 Å². The minimum atomic E-state index is -2.86. The van der Waals surface area contributed by atoms with Crippen LogP contribution in [0, 0.1) is 0 Å². The third-order valence-electron chi connectivity index (χ3n) is 1.87. The van der Waals surface area contributed by atoms with Crippen LogP contribution in [0.4, 0.5) is 0 Å². The number of hydrogen-bond donors (Lipinski definition) is 1. The lowest BCUT2D eigenvalue weighted by atomic mass is 9.95. The number of sulfone groups is 1. The van der Waals surface area contributed by atoms with Gasteiger partial charge in [-0.15, -0.1) is 0 Å². The first kappa shape index (κ1) is 11.9. The van der Waals surface area contributed by atoms with Gasteiger partial charge in [-0.1, -0.05) is 13.3 Å². The molecule has 0 saturated carbocycles. The predicted octanol–water partition coefficient (Wildman–Crippen LogP) is 0.939. The molecule has 0 saturated heterocycles. The zero-order valence-electron chi connectivity index (χ0n) is 8.13. The molecule has 0 amide bonds. The monoisotopic (exact) mass is 193 g/mol. The quantitative estimate of drug-likeness (QED) is 0.707. The Balaban J connectivity index is 3.92. The van der Waals surface area contributed by atoms with Gasteiger partial charge in [0.15, 0.2) is 0 Å². The molecular weight excluding hydrogens is 174 g/mol. The molecule has 1 atom stereocenters. The van der Waals surface area contributed by atoms with Crippen LogP contribution in [0.15, 0.2) is 0 Å². The van der Waals surface area contributed by atoms with Gasteiger partial charge in [-0.2, -0.15) is 0 Å². The largest absolute Gasteiger partial charge is 0.325 e. The lowest BCUT2D eigenvalue weighted by molar-refractivity contribution is 0.413. The van der Waals surface area contributed by atoms with Gasteiger partial charge in [0, 0.05) is 11.8 Å². The molecule has 0 heterocycles. The maximum atomic E-state index is 10.8. The van der Waals surface area contributed by atoms with Gasteiger partial charge in [0.1, 0.15) is 9.84 Å². The van der Waals surface area contributed by atoms with E-state index < -0.39 is 9.84 Å². The third kappa shape index (κ3) is 6.61. The summed E-state index contributed by atoms with van der Waals surface area (Å²) in [6, 6.07) is 0. The topological polar surface area (TPSA) is 60.2 Å². The van der Waals surface area contributed by atoms with Crippen molar-refractivity contribution in [2.75, 3.05) is 12.0 Å². The summed E-state index contributed by atoms with van der Waals surface area (Å²) >= 11 is 0. The number of hydrogen-bond acceptors (Lipinski definition) is 3. The molecule has 0 aromatic carbocycles. The number of nitrogens with two attached hydrogens (primary N) is 1. The summed E-state index contributed by atoms with van der Waals surface area (Å²) < 4.78 is 21.7. The van der Waals surface area contributed by atoms with Crippen LogP contribution in [0.25, 0.3) is 0 Å². The standard InChI is InChI=1S/C8H19NO2S/c1-4-5-8(2,9)6-7-12(3,10)11/h4-7,9H2,1-3H3. The van der Waals surface area contributed by atoms with E-state index in [0.717, 1.165) is 12.8 Å². The zero-order valence-corrected chi connectivity index (χ0v) is 8.95. The fourth-order valence-electron chi connectivity index (χ4n) is 1.11. The van der Waals surface area contributed by atoms with Crippen molar-refractivity contribution >= 4 is 9.84 Å². The summed E-state index contributed by atoms with van der Waals surface area (Å²) in [5.74, 6) is 0.194. The molecule has 1 unspecified atom stereocenters. The second-order valence-corrected chi connectivity index (χ2v) is 6.04. The van der Waals surface area contributed by atoms with Crippen molar-refractivity contribution in [2.24, 2.45) is 5.73 Å². The highest BCUT2D eigenvalue weighted by Crippen LogP contribution is 2.13. The first-order valence-corrected chi connectivity index (χ1v) is 6.29. The van der Waals surface area contributed by atoms with Crippen molar-refractivity contribution in [1.29, 1.82) is 0 Å². The van der Waals surface area contributed by atoms with Crippen molar-refractivity contribution in [2.45, 2.75) is 38.6 Å². The van der Waals surface area contributed by atoms with Crippen LogP contribution in [-0.2, 0) is 9.84 Å². The van der Waals surface area contributed by atoms with Crippen molar-refractivity contribution < 1.29 is 8.42 Å². The Morgan fingerprint density at radius 2 is 1.83 bits per heavy atom. The first-order chi connectivity index (χ1) is 5.27. The van der Waals surface area contributed by atoms with E-state index in [4.69, 9.17) is 5.73 Å². The van der Waals surface area contributed by atoms with E-state index in [-0.39, 0.29) is 11.3 Å². The van der Waals surface area contributed by atoms with E-state index in [1.54, 1.807) is 0 Å². The minimum Gasteiger partial charge on any atom is -0.325 e. The van der Waals surface area contributed by atoms with E-state index in [1.807, 2.05) is 13.8 Å². The van der Waals surface area contributed by atoms with Gasteiger partial charge in [0.25, 0.3) is 0 Å². The van der Waals surface area contributed by atoms with E-state index in [0.29, 0.717) is 6.42 Å². The molecular formula is C8H19NO2S. The molecule has 4 heteroatoms. The number of rotatable bonds is 5. The Morgan fingerprint density at radius 3 is 2.17 bits per heavy atom. The summed E-state index contributed by atoms with van der Waals surface area (Å²) in [7, 11) is -2.86. The Morgan fingerprint density at radius 1 is 1.33 bits per heavy atom. The Hall–Kier alpha value is -0.0900. The highest BCUT2D eigenvalue weighted by molar-refractivity contribution is 7.90. The van der Waals surface area contributed by atoms with E-state index >= 15 is 0 Å². The van der Waals surface area contributed by atoms with Gasteiger partial charge < -0.3 is 5.73 Å². The molecule has 0 spiro atoms. The average Bonchev–Trinajstić information content (AvgIpc) is 1.83. The summed E-state index contributed by atoms with van der Waals surface area (Å²) in [6.07, 6.45) is 3.67. The maximum Gasteiger partial charge on any atom is 0.147 e. The summed E-state index contributed by atoms with van der Waals surface area (Å²) in [5.41, 5.74) is 5.55. The first-order valence-electron chi connectivity index (χ1n) is 4.23. The van der Waals surface area contributed by atoms with Crippen molar-refractivity contribution in [3.8, 4) is 0 Å². The van der Waals surface area contributed by atoms with Crippen LogP contribution in [0.5, 0.6) is 0 Å². The molecule has 0 rings (SSSR count). The second-order valence-electron chi connectivity index (χ2n) is 3.78. The third-order valence-corrected chi connectivity index (χ3v) is 2.81. The minimum absolute atomic E-state index is 0.194. The molecule has 0 aliphatic heterocycles. The molecule has 0 aliphatic carbocycles. The molecule has 74 valence electrons. The van der Waals surface area contributed by atoms with Crippen LogP contribution in [-0.4, -0.2) is 26.0 Å². The van der Waals surface area contributed by atoms with Crippen LogP contribution in [0.1, 0.15) is 33.1 Å². The molecule has 0 aromatic rings. The summed E-state index contributed by atoms with van der Waals surface area (Å²) in [4.78, 5) is 0. The van der Waals surface area contributed by atoms with Crippen LogP contribution >= 0.6 is 0 Å². The van der Waals surface area contributed by atoms with Crippen LogP contribution in [0.2, 0.25) is 0 Å². The molecule has 0 radical (unpaired) electrons. The van der Waals surface area contributed by atoms with E-state index in [1.165, 1.54) is 6.26 Å². The molecule has 2 N–H and O–H groups in total. The normalized spacial score (nSPS) is 17.3. The molecule has 0 aromatic heterocycles. The van der Waals surface area contributed by atoms with E-state index in [9.17, 15) is 8.42 Å². The zero-order chi connectivity index (χ0) is 9.83. The lowest BCUT2D eigenvalue weighted by Crippen LogP contribution is -2.37. The summed E-state index contributed by atoms with van der Waals surface area (Å²) in [6.45, 7) is 3.95. The van der Waals surface area contributed by atoms with Gasteiger partial charge in [0.2, 0.25) is 0 Å². The van der Waals surface area contributed by atoms with Crippen molar-refractivity contribution in [1.82, 2.24) is 0 Å². The van der Waals surface area contributed by atoms with Crippen molar-refractivity contribution in [3.63, 3.8) is 0 Å². The fraction of sp³-hybridized carbons (Fsp3) is 1.00. The average molecular weight is 193 g/mol. The van der Waals surface area contributed by atoms with Gasteiger partial charge in [0.05, 0.1) is 5.75 Å². The highest BCUT2D eigenvalue weighted by atomic mass is 32.2. The SMILES string of the molecule is CCCC(C)(N)CCS(C)(=O)=O. The Bertz CT molecular complexity index is 219.